The number of rotatable bonds is 7. The predicted molar refractivity (Wildman–Crippen MR) is 82.9 cm³/mol. The monoisotopic (exact) mass is 273 g/mol. The molecule has 0 fully saturated rings. The second kappa shape index (κ2) is 7.39. The highest BCUT2D eigenvalue weighted by molar-refractivity contribution is 5.85. The van der Waals surface area contributed by atoms with Crippen molar-refractivity contribution in [2.45, 2.75) is 12.5 Å². The zero-order valence-corrected chi connectivity index (χ0v) is 12.2. The van der Waals surface area contributed by atoms with Crippen LogP contribution in [0.1, 0.15) is 18.1 Å². The Morgan fingerprint density at radius 3 is 2.70 bits per heavy atom. The molecule has 0 aliphatic carbocycles. The van der Waals surface area contributed by atoms with Gasteiger partial charge < -0.3 is 14.7 Å². The fraction of sp³-hybridized carbons (Fsp3) is 0.412. The van der Waals surface area contributed by atoms with Gasteiger partial charge in [0.05, 0.1) is 6.10 Å². The van der Waals surface area contributed by atoms with Crippen molar-refractivity contribution < 1.29 is 9.84 Å². The molecule has 108 valence electrons. The van der Waals surface area contributed by atoms with E-state index in [1.807, 2.05) is 31.3 Å². The highest BCUT2D eigenvalue weighted by Gasteiger charge is 2.13. The first kappa shape index (κ1) is 15.0. The molecule has 0 saturated heterocycles. The molecule has 1 atom stereocenters. The van der Waals surface area contributed by atoms with Crippen LogP contribution in [0.2, 0.25) is 0 Å². The summed E-state index contributed by atoms with van der Waals surface area (Å²) in [6, 6.07) is 14.3. The molecule has 0 radical (unpaired) electrons. The van der Waals surface area contributed by atoms with Crippen LogP contribution >= 0.6 is 0 Å². The molecule has 0 spiro atoms. The zero-order valence-electron chi connectivity index (χ0n) is 12.2. The van der Waals surface area contributed by atoms with Crippen LogP contribution in [0.3, 0.4) is 0 Å². The van der Waals surface area contributed by atoms with Crippen LogP contribution in [-0.2, 0) is 4.74 Å². The predicted octanol–water partition coefficient (Wildman–Crippen LogP) is 2.84. The Morgan fingerprint density at radius 2 is 1.90 bits per heavy atom. The second-order valence-electron chi connectivity index (χ2n) is 5.19. The van der Waals surface area contributed by atoms with E-state index < -0.39 is 6.10 Å². The fourth-order valence-corrected chi connectivity index (χ4v) is 2.50. The third-order valence-electron chi connectivity index (χ3n) is 3.56. The lowest BCUT2D eigenvalue weighted by atomic mass is 10.0. The van der Waals surface area contributed by atoms with E-state index in [9.17, 15) is 5.11 Å². The molecule has 0 aliphatic heterocycles. The molecule has 1 unspecified atom stereocenters. The van der Waals surface area contributed by atoms with Gasteiger partial charge in [0.2, 0.25) is 0 Å². The smallest absolute Gasteiger partial charge is 0.0922 e. The average Bonchev–Trinajstić information content (AvgIpc) is 2.47. The lowest BCUT2D eigenvalue weighted by molar-refractivity contribution is 0.118. The first-order chi connectivity index (χ1) is 9.72. The molecule has 0 heterocycles. The maximum Gasteiger partial charge on any atom is 0.0922 e. The van der Waals surface area contributed by atoms with Crippen LogP contribution in [0.25, 0.3) is 10.8 Å². The van der Waals surface area contributed by atoms with Crippen LogP contribution < -0.4 is 0 Å². The van der Waals surface area contributed by atoms with Gasteiger partial charge in [0.1, 0.15) is 0 Å². The van der Waals surface area contributed by atoms with Crippen molar-refractivity contribution in [3.05, 3.63) is 48.0 Å². The second-order valence-corrected chi connectivity index (χ2v) is 5.19. The number of aliphatic hydroxyl groups is 1. The van der Waals surface area contributed by atoms with E-state index in [-0.39, 0.29) is 0 Å². The summed E-state index contributed by atoms with van der Waals surface area (Å²) in [5.41, 5.74) is 1.00. The molecular weight excluding hydrogens is 250 g/mol. The minimum atomic E-state index is -0.464. The van der Waals surface area contributed by atoms with Crippen molar-refractivity contribution in [3.8, 4) is 0 Å². The van der Waals surface area contributed by atoms with Crippen molar-refractivity contribution in [2.24, 2.45) is 0 Å². The van der Waals surface area contributed by atoms with Crippen LogP contribution in [-0.4, -0.2) is 43.9 Å². The normalized spacial score (nSPS) is 13.0. The Labute approximate surface area is 120 Å². The third kappa shape index (κ3) is 3.79. The van der Waals surface area contributed by atoms with E-state index in [0.717, 1.165) is 30.5 Å². The summed E-state index contributed by atoms with van der Waals surface area (Å²) in [5, 5.41) is 12.8. The van der Waals surface area contributed by atoms with Gasteiger partial charge in [-0.1, -0.05) is 42.5 Å². The van der Waals surface area contributed by atoms with Gasteiger partial charge in [-0.25, -0.2) is 0 Å². The lowest BCUT2D eigenvalue weighted by Crippen LogP contribution is -2.26. The van der Waals surface area contributed by atoms with Gasteiger partial charge in [-0.2, -0.15) is 0 Å². The van der Waals surface area contributed by atoms with Gasteiger partial charge in [-0.3, -0.25) is 0 Å². The molecule has 3 heteroatoms. The summed E-state index contributed by atoms with van der Waals surface area (Å²) in [5.74, 6) is 0. The Kier molecular flexibility index (Phi) is 5.53. The van der Waals surface area contributed by atoms with E-state index in [4.69, 9.17) is 4.74 Å². The molecular formula is C17H23NO2. The molecule has 0 aliphatic rings. The van der Waals surface area contributed by atoms with Crippen molar-refractivity contribution in [1.82, 2.24) is 4.90 Å². The molecule has 1 N–H and O–H groups in total. The first-order valence-corrected chi connectivity index (χ1v) is 7.05. The van der Waals surface area contributed by atoms with Crippen molar-refractivity contribution in [2.75, 3.05) is 33.9 Å². The molecule has 2 aromatic carbocycles. The average molecular weight is 273 g/mol. The summed E-state index contributed by atoms with van der Waals surface area (Å²) < 4.78 is 5.05. The number of nitrogens with zero attached hydrogens (tertiary/aromatic N) is 1. The zero-order chi connectivity index (χ0) is 14.4. The quantitative estimate of drug-likeness (QED) is 0.787. The molecule has 2 rings (SSSR count). The topological polar surface area (TPSA) is 32.7 Å². The standard InChI is InChI=1S/C17H23NO2/c1-18(11-6-12-20-2)13-17(19)16-10-5-8-14-7-3-4-9-15(14)16/h3-5,7-10,17,19H,6,11-13H2,1-2H3. The number of methoxy groups -OCH3 is 1. The van der Waals surface area contributed by atoms with Crippen LogP contribution in [0.15, 0.2) is 42.5 Å². The number of aliphatic hydroxyl groups excluding tert-OH is 1. The Hall–Kier alpha value is -1.42. The van der Waals surface area contributed by atoms with Crippen LogP contribution in [0.4, 0.5) is 0 Å². The van der Waals surface area contributed by atoms with E-state index in [0.29, 0.717) is 6.54 Å². The third-order valence-corrected chi connectivity index (χ3v) is 3.56. The van der Waals surface area contributed by atoms with Gasteiger partial charge in [0, 0.05) is 26.8 Å². The molecule has 0 aromatic heterocycles. The fourth-order valence-electron chi connectivity index (χ4n) is 2.50. The Bertz CT molecular complexity index is 536. The maximum atomic E-state index is 10.5. The van der Waals surface area contributed by atoms with Gasteiger partial charge in [-0.15, -0.1) is 0 Å². The first-order valence-electron chi connectivity index (χ1n) is 7.05. The number of hydrogen-bond acceptors (Lipinski definition) is 3. The van der Waals surface area contributed by atoms with E-state index >= 15 is 0 Å². The van der Waals surface area contributed by atoms with Crippen molar-refractivity contribution in [1.29, 1.82) is 0 Å². The molecule has 20 heavy (non-hydrogen) atoms. The highest BCUT2D eigenvalue weighted by Crippen LogP contribution is 2.24. The van der Waals surface area contributed by atoms with E-state index in [2.05, 4.69) is 23.1 Å². The number of benzene rings is 2. The number of likely N-dealkylation sites (N-methyl/N-ethyl adjacent to an activating group) is 1. The largest absolute Gasteiger partial charge is 0.387 e. The number of ether oxygens (including phenoxy) is 1. The van der Waals surface area contributed by atoms with E-state index in [1.54, 1.807) is 7.11 Å². The molecule has 0 saturated carbocycles. The summed E-state index contributed by atoms with van der Waals surface area (Å²) in [4.78, 5) is 2.14. The molecule has 2 aromatic rings. The van der Waals surface area contributed by atoms with Gasteiger partial charge in [0.25, 0.3) is 0 Å². The van der Waals surface area contributed by atoms with Gasteiger partial charge >= 0.3 is 0 Å². The number of fused-ring (bicyclic) bond motifs is 1. The van der Waals surface area contributed by atoms with Gasteiger partial charge in [0.15, 0.2) is 0 Å². The molecule has 3 nitrogen and oxygen atoms in total. The van der Waals surface area contributed by atoms with Crippen LogP contribution in [0, 0.1) is 0 Å². The Balaban J connectivity index is 2.05. The summed E-state index contributed by atoms with van der Waals surface area (Å²) in [6.07, 6.45) is 0.517. The van der Waals surface area contributed by atoms with Crippen molar-refractivity contribution >= 4 is 10.8 Å². The lowest BCUT2D eigenvalue weighted by Gasteiger charge is -2.21. The summed E-state index contributed by atoms with van der Waals surface area (Å²) >= 11 is 0. The summed E-state index contributed by atoms with van der Waals surface area (Å²) in [7, 11) is 3.75. The summed E-state index contributed by atoms with van der Waals surface area (Å²) in [6.45, 7) is 2.32. The van der Waals surface area contributed by atoms with E-state index in [1.165, 1.54) is 5.39 Å². The maximum absolute atomic E-state index is 10.5. The van der Waals surface area contributed by atoms with Gasteiger partial charge in [-0.05, 0) is 29.8 Å². The highest BCUT2D eigenvalue weighted by atomic mass is 16.5. The minimum absolute atomic E-state index is 0.464. The molecule has 0 bridgehead atoms. The molecule has 0 amide bonds. The van der Waals surface area contributed by atoms with Crippen molar-refractivity contribution in [3.63, 3.8) is 0 Å². The number of hydrogen-bond donors (Lipinski definition) is 1. The Morgan fingerprint density at radius 1 is 1.15 bits per heavy atom. The SMILES string of the molecule is COCCCN(C)CC(O)c1cccc2ccccc12. The minimum Gasteiger partial charge on any atom is -0.387 e. The van der Waals surface area contributed by atoms with Crippen LogP contribution in [0.5, 0.6) is 0 Å².